The van der Waals surface area contributed by atoms with Gasteiger partial charge >= 0.3 is 5.97 Å². The fourth-order valence-electron chi connectivity index (χ4n) is 1.78. The van der Waals surface area contributed by atoms with Gasteiger partial charge in [-0.1, -0.05) is 13.3 Å². The highest BCUT2D eigenvalue weighted by Gasteiger charge is 2.34. The van der Waals surface area contributed by atoms with E-state index in [1.165, 1.54) is 7.11 Å². The number of likely N-dealkylation sites (N-methyl/N-ethyl adjacent to an activating group) is 1. The van der Waals surface area contributed by atoms with Crippen LogP contribution in [0.5, 0.6) is 0 Å². The Bertz CT molecular complexity index is 184. The first kappa shape index (κ1) is 10.5. The van der Waals surface area contributed by atoms with Crippen LogP contribution in [-0.4, -0.2) is 37.2 Å². The zero-order valence-electron chi connectivity index (χ0n) is 8.54. The molecule has 4 heteroatoms. The van der Waals surface area contributed by atoms with E-state index in [9.17, 15) is 4.79 Å². The van der Waals surface area contributed by atoms with E-state index < -0.39 is 0 Å². The van der Waals surface area contributed by atoms with Crippen LogP contribution in [0, 0.1) is 0 Å². The van der Waals surface area contributed by atoms with Gasteiger partial charge in [0.2, 0.25) is 0 Å². The molecule has 0 radical (unpaired) electrons. The molecule has 0 spiro atoms. The highest BCUT2D eigenvalue weighted by Crippen LogP contribution is 2.17. The van der Waals surface area contributed by atoms with Gasteiger partial charge in [-0.05, 0) is 12.8 Å². The number of carbonyl (C=O) groups excluding carboxylic acids is 1. The third-order valence-corrected chi connectivity index (χ3v) is 2.47. The maximum atomic E-state index is 11.3. The number of nitrogens with zero attached hydrogens (tertiary/aromatic N) is 1. The second-order valence-corrected chi connectivity index (χ2v) is 3.50. The van der Waals surface area contributed by atoms with E-state index in [-0.39, 0.29) is 12.0 Å². The molecule has 0 bridgehead atoms. The van der Waals surface area contributed by atoms with Crippen LogP contribution in [0.2, 0.25) is 0 Å². The molecule has 2 atom stereocenters. The van der Waals surface area contributed by atoms with Crippen LogP contribution in [-0.2, 0) is 9.53 Å². The van der Waals surface area contributed by atoms with Gasteiger partial charge in [0.05, 0.1) is 7.11 Å². The van der Waals surface area contributed by atoms with Crippen LogP contribution >= 0.6 is 0 Å². The van der Waals surface area contributed by atoms with Crippen molar-refractivity contribution in [3.05, 3.63) is 0 Å². The summed E-state index contributed by atoms with van der Waals surface area (Å²) in [4.78, 5) is 11.3. The summed E-state index contributed by atoms with van der Waals surface area (Å²) in [5, 5.41) is 1.85. The fraction of sp³-hybridized carbons (Fsp3) is 0.889. The molecule has 1 N–H and O–H groups in total. The number of methoxy groups -OCH3 is 1. The van der Waals surface area contributed by atoms with E-state index in [4.69, 9.17) is 4.74 Å². The van der Waals surface area contributed by atoms with Gasteiger partial charge < -0.3 is 4.74 Å². The highest BCUT2D eigenvalue weighted by molar-refractivity contribution is 5.75. The summed E-state index contributed by atoms with van der Waals surface area (Å²) in [5.41, 5.74) is 3.25. The van der Waals surface area contributed by atoms with E-state index in [1.54, 1.807) is 0 Å². The number of nitrogens with one attached hydrogen (secondary N) is 1. The summed E-state index contributed by atoms with van der Waals surface area (Å²) in [5.74, 6) is -0.145. The topological polar surface area (TPSA) is 41.6 Å². The van der Waals surface area contributed by atoms with Gasteiger partial charge in [-0.25, -0.2) is 5.01 Å². The molecule has 76 valence electrons. The molecule has 1 rings (SSSR count). The smallest absolute Gasteiger partial charge is 0.324 e. The van der Waals surface area contributed by atoms with Gasteiger partial charge in [0.15, 0.2) is 0 Å². The van der Waals surface area contributed by atoms with E-state index in [2.05, 4.69) is 12.3 Å². The summed E-state index contributed by atoms with van der Waals surface area (Å²) >= 11 is 0. The SMILES string of the molecule is CCCC1CC(C(=O)OC)N(C)N1. The summed E-state index contributed by atoms with van der Waals surface area (Å²) < 4.78 is 4.71. The number of ether oxygens (including phenoxy) is 1. The van der Waals surface area contributed by atoms with Crippen LogP contribution in [0.1, 0.15) is 26.2 Å². The summed E-state index contributed by atoms with van der Waals surface area (Å²) in [7, 11) is 3.32. The molecule has 1 aliphatic rings. The van der Waals surface area contributed by atoms with Crippen LogP contribution in [0.4, 0.5) is 0 Å². The van der Waals surface area contributed by atoms with Crippen LogP contribution in [0.3, 0.4) is 0 Å². The molecule has 0 aromatic carbocycles. The standard InChI is InChI=1S/C9H18N2O2/c1-4-5-7-6-8(9(12)13-3)11(2)10-7/h7-8,10H,4-6H2,1-3H3. The maximum absolute atomic E-state index is 11.3. The highest BCUT2D eigenvalue weighted by atomic mass is 16.5. The predicted octanol–water partition coefficient (Wildman–Crippen LogP) is 0.537. The molecule has 0 aromatic rings. The lowest BCUT2D eigenvalue weighted by atomic mass is 10.1. The lowest BCUT2D eigenvalue weighted by Crippen LogP contribution is -2.39. The zero-order chi connectivity index (χ0) is 9.84. The molecule has 4 nitrogen and oxygen atoms in total. The van der Waals surface area contributed by atoms with Crippen molar-refractivity contribution in [2.45, 2.75) is 38.3 Å². The average molecular weight is 186 g/mol. The molecule has 1 fully saturated rings. The minimum Gasteiger partial charge on any atom is -0.468 e. The van der Waals surface area contributed by atoms with E-state index in [0.29, 0.717) is 6.04 Å². The van der Waals surface area contributed by atoms with Crippen LogP contribution in [0.15, 0.2) is 0 Å². The monoisotopic (exact) mass is 186 g/mol. The van der Waals surface area contributed by atoms with Gasteiger partial charge in [-0.2, -0.15) is 0 Å². The number of hydrogen-bond acceptors (Lipinski definition) is 4. The second-order valence-electron chi connectivity index (χ2n) is 3.50. The minimum absolute atomic E-state index is 0.110. The lowest BCUT2D eigenvalue weighted by molar-refractivity contribution is -0.145. The zero-order valence-corrected chi connectivity index (χ0v) is 8.54. The number of rotatable bonds is 3. The van der Waals surface area contributed by atoms with Gasteiger partial charge in [0, 0.05) is 13.1 Å². The van der Waals surface area contributed by atoms with Crippen molar-refractivity contribution in [3.63, 3.8) is 0 Å². The molecule has 1 heterocycles. The number of esters is 1. The number of carbonyl (C=O) groups is 1. The van der Waals surface area contributed by atoms with Crippen molar-refractivity contribution in [1.29, 1.82) is 0 Å². The van der Waals surface area contributed by atoms with Crippen molar-refractivity contribution >= 4 is 5.97 Å². The molecular weight excluding hydrogens is 168 g/mol. The maximum Gasteiger partial charge on any atom is 0.324 e. The quantitative estimate of drug-likeness (QED) is 0.653. The van der Waals surface area contributed by atoms with Crippen molar-refractivity contribution in [1.82, 2.24) is 10.4 Å². The van der Waals surface area contributed by atoms with Crippen LogP contribution < -0.4 is 5.43 Å². The fourth-order valence-corrected chi connectivity index (χ4v) is 1.78. The largest absolute Gasteiger partial charge is 0.468 e. The summed E-state index contributed by atoms with van der Waals surface area (Å²) in [6.45, 7) is 2.15. The Hall–Kier alpha value is -0.610. The molecule has 2 unspecified atom stereocenters. The van der Waals surface area contributed by atoms with E-state index in [1.807, 2.05) is 12.1 Å². The predicted molar refractivity (Wildman–Crippen MR) is 50.0 cm³/mol. The Morgan fingerprint density at radius 2 is 2.38 bits per heavy atom. The van der Waals surface area contributed by atoms with E-state index >= 15 is 0 Å². The summed E-state index contributed by atoms with van der Waals surface area (Å²) in [6, 6.07) is 0.320. The molecule has 0 saturated carbocycles. The molecule has 13 heavy (non-hydrogen) atoms. The van der Waals surface area contributed by atoms with Gasteiger partial charge in [0.25, 0.3) is 0 Å². The minimum atomic E-state index is -0.145. The molecule has 0 aliphatic carbocycles. The molecular formula is C9H18N2O2. The molecule has 1 saturated heterocycles. The molecule has 0 aromatic heterocycles. The van der Waals surface area contributed by atoms with Gasteiger partial charge in [-0.3, -0.25) is 10.2 Å². The Morgan fingerprint density at radius 1 is 1.69 bits per heavy atom. The van der Waals surface area contributed by atoms with E-state index in [0.717, 1.165) is 19.3 Å². The third-order valence-electron chi connectivity index (χ3n) is 2.47. The lowest BCUT2D eigenvalue weighted by Gasteiger charge is -2.16. The normalized spacial score (nSPS) is 29.2. The first-order chi connectivity index (χ1) is 6.19. The molecule has 1 aliphatic heterocycles. The first-order valence-electron chi connectivity index (χ1n) is 4.75. The Kier molecular flexibility index (Phi) is 3.69. The van der Waals surface area contributed by atoms with Crippen LogP contribution in [0.25, 0.3) is 0 Å². The Labute approximate surface area is 79.2 Å². The third kappa shape index (κ3) is 2.42. The van der Waals surface area contributed by atoms with Crippen molar-refractivity contribution in [2.75, 3.05) is 14.2 Å². The Balaban J connectivity index is 2.46. The van der Waals surface area contributed by atoms with Crippen molar-refractivity contribution in [2.24, 2.45) is 0 Å². The van der Waals surface area contributed by atoms with Crippen molar-refractivity contribution < 1.29 is 9.53 Å². The van der Waals surface area contributed by atoms with Crippen molar-refractivity contribution in [3.8, 4) is 0 Å². The second kappa shape index (κ2) is 4.58. The first-order valence-corrected chi connectivity index (χ1v) is 4.75. The van der Waals surface area contributed by atoms with Gasteiger partial charge in [-0.15, -0.1) is 0 Å². The average Bonchev–Trinajstić information content (AvgIpc) is 2.46. The summed E-state index contributed by atoms with van der Waals surface area (Å²) in [6.07, 6.45) is 3.11. The molecule has 0 amide bonds. The number of hydrazine groups is 1. The van der Waals surface area contributed by atoms with Gasteiger partial charge in [0.1, 0.15) is 6.04 Å². The Morgan fingerprint density at radius 3 is 2.92 bits per heavy atom. The number of hydrogen-bond donors (Lipinski definition) is 1.